The molecule has 2 atom stereocenters. The van der Waals surface area contributed by atoms with Gasteiger partial charge in [0.2, 0.25) is 0 Å². The van der Waals surface area contributed by atoms with Gasteiger partial charge >= 0.3 is 5.97 Å². The average Bonchev–Trinajstić information content (AvgIpc) is 2.87. The third-order valence-electron chi connectivity index (χ3n) is 7.12. The minimum atomic E-state index is -0.920. The minimum Gasteiger partial charge on any atom is -0.497 e. The summed E-state index contributed by atoms with van der Waals surface area (Å²) in [6.45, 7) is 10.1. The summed E-state index contributed by atoms with van der Waals surface area (Å²) in [7, 11) is 1.53. The SMILES string of the molecule is COc1cc(F)cc([C@@H](C)NC(C)c2cc(-c3cc(C(=O)O)c(C)c(C(C)C)c3)c3ccccc3c2)c1. The largest absolute Gasteiger partial charge is 0.497 e. The fourth-order valence-electron chi connectivity index (χ4n) is 5.06. The van der Waals surface area contributed by atoms with Gasteiger partial charge in [0.15, 0.2) is 0 Å². The summed E-state index contributed by atoms with van der Waals surface area (Å²) >= 11 is 0. The van der Waals surface area contributed by atoms with Crippen LogP contribution in [-0.4, -0.2) is 18.2 Å². The number of aromatic carboxylic acids is 1. The van der Waals surface area contributed by atoms with Crippen LogP contribution in [0.15, 0.2) is 66.7 Å². The molecule has 0 spiro atoms. The van der Waals surface area contributed by atoms with Crippen LogP contribution in [0.25, 0.3) is 21.9 Å². The smallest absolute Gasteiger partial charge is 0.335 e. The predicted molar refractivity (Wildman–Crippen MR) is 148 cm³/mol. The Bertz CT molecular complexity index is 1460. The number of nitrogens with one attached hydrogen (secondary N) is 1. The Balaban J connectivity index is 1.80. The lowest BCUT2D eigenvalue weighted by Crippen LogP contribution is -2.22. The average molecular weight is 500 g/mol. The zero-order valence-corrected chi connectivity index (χ0v) is 22.2. The molecule has 0 aliphatic carbocycles. The van der Waals surface area contributed by atoms with E-state index in [2.05, 4.69) is 56.4 Å². The molecule has 0 saturated heterocycles. The van der Waals surface area contributed by atoms with Crippen molar-refractivity contribution in [3.05, 3.63) is 100 Å². The molecule has 4 nitrogen and oxygen atoms in total. The molecular weight excluding hydrogens is 465 g/mol. The predicted octanol–water partition coefficient (Wildman–Crippen LogP) is 8.20. The standard InChI is InChI=1S/C32H34FNO3/c1-18(2)29-15-25(16-30(19(29)3)32(35)36)31-14-23(11-22-9-7-8-10-28(22)31)20(4)34-21(5)24-12-26(33)17-27(13-24)37-6/h7-18,20-21,34H,1-6H3,(H,35,36)/t20?,21-/m1/s1. The quantitative estimate of drug-likeness (QED) is 0.257. The van der Waals surface area contributed by atoms with Crippen LogP contribution in [0.3, 0.4) is 0 Å². The van der Waals surface area contributed by atoms with Gasteiger partial charge in [-0.15, -0.1) is 0 Å². The van der Waals surface area contributed by atoms with Gasteiger partial charge in [0, 0.05) is 18.2 Å². The second kappa shape index (κ2) is 10.7. The maximum Gasteiger partial charge on any atom is 0.335 e. The van der Waals surface area contributed by atoms with E-state index in [1.165, 1.54) is 19.2 Å². The Kier molecular flexibility index (Phi) is 7.65. The molecule has 0 fully saturated rings. The zero-order chi connectivity index (χ0) is 26.9. The summed E-state index contributed by atoms with van der Waals surface area (Å²) in [5.74, 6) is -0.578. The molecule has 1 unspecified atom stereocenters. The van der Waals surface area contributed by atoms with Gasteiger partial charge in [-0.25, -0.2) is 9.18 Å². The third kappa shape index (κ3) is 5.52. The number of fused-ring (bicyclic) bond motifs is 1. The van der Waals surface area contributed by atoms with Crippen LogP contribution in [0, 0.1) is 12.7 Å². The summed E-state index contributed by atoms with van der Waals surface area (Å²) in [5, 5.41) is 15.6. The Labute approximate surface area is 218 Å². The molecule has 0 aromatic heterocycles. The van der Waals surface area contributed by atoms with Crippen molar-refractivity contribution in [1.29, 1.82) is 0 Å². The Morgan fingerprint density at radius 2 is 1.59 bits per heavy atom. The number of hydrogen-bond acceptors (Lipinski definition) is 3. The Hall–Kier alpha value is -3.70. The number of methoxy groups -OCH3 is 1. The van der Waals surface area contributed by atoms with E-state index in [0.717, 1.165) is 44.2 Å². The first-order valence-electron chi connectivity index (χ1n) is 12.6. The molecule has 4 rings (SSSR count). The third-order valence-corrected chi connectivity index (χ3v) is 7.12. The lowest BCUT2D eigenvalue weighted by Gasteiger charge is -2.23. The molecule has 4 aromatic rings. The molecule has 4 aromatic carbocycles. The molecule has 192 valence electrons. The molecular formula is C32H34FNO3. The van der Waals surface area contributed by atoms with Crippen molar-refractivity contribution in [2.24, 2.45) is 0 Å². The summed E-state index contributed by atoms with van der Waals surface area (Å²) in [6.07, 6.45) is 0. The highest BCUT2D eigenvalue weighted by molar-refractivity contribution is 5.99. The van der Waals surface area contributed by atoms with Crippen LogP contribution in [-0.2, 0) is 0 Å². The fourth-order valence-corrected chi connectivity index (χ4v) is 5.06. The molecule has 37 heavy (non-hydrogen) atoms. The highest BCUT2D eigenvalue weighted by Gasteiger charge is 2.19. The first-order chi connectivity index (χ1) is 17.6. The monoisotopic (exact) mass is 499 g/mol. The summed E-state index contributed by atoms with van der Waals surface area (Å²) in [5.41, 5.74) is 5.91. The summed E-state index contributed by atoms with van der Waals surface area (Å²) in [4.78, 5) is 12.1. The van der Waals surface area contributed by atoms with Crippen LogP contribution in [0.5, 0.6) is 5.75 Å². The van der Waals surface area contributed by atoms with E-state index in [-0.39, 0.29) is 23.8 Å². The molecule has 0 aliphatic rings. The van der Waals surface area contributed by atoms with E-state index in [9.17, 15) is 14.3 Å². The molecule has 0 bridgehead atoms. The molecule has 0 radical (unpaired) electrons. The van der Waals surface area contributed by atoms with E-state index >= 15 is 0 Å². The van der Waals surface area contributed by atoms with Crippen molar-refractivity contribution >= 4 is 16.7 Å². The Morgan fingerprint density at radius 3 is 2.24 bits per heavy atom. The minimum absolute atomic E-state index is 0.0541. The number of carbonyl (C=O) groups is 1. The number of benzene rings is 4. The molecule has 0 heterocycles. The zero-order valence-electron chi connectivity index (χ0n) is 22.2. The van der Waals surface area contributed by atoms with Gasteiger partial charge in [-0.2, -0.15) is 0 Å². The molecule has 5 heteroatoms. The van der Waals surface area contributed by atoms with Crippen molar-refractivity contribution in [3.8, 4) is 16.9 Å². The van der Waals surface area contributed by atoms with Crippen molar-refractivity contribution in [2.45, 2.75) is 52.6 Å². The normalized spacial score (nSPS) is 13.1. The van der Waals surface area contributed by atoms with Crippen LogP contribution >= 0.6 is 0 Å². The van der Waals surface area contributed by atoms with Gasteiger partial charge in [-0.3, -0.25) is 0 Å². The number of hydrogen-bond donors (Lipinski definition) is 2. The van der Waals surface area contributed by atoms with Crippen LogP contribution in [0.4, 0.5) is 4.39 Å². The number of rotatable bonds is 8. The fraction of sp³-hybridized carbons (Fsp3) is 0.281. The van der Waals surface area contributed by atoms with Crippen LogP contribution in [0.2, 0.25) is 0 Å². The van der Waals surface area contributed by atoms with Gasteiger partial charge in [0.1, 0.15) is 11.6 Å². The van der Waals surface area contributed by atoms with Gasteiger partial charge in [0.05, 0.1) is 12.7 Å². The first kappa shape index (κ1) is 26.4. The summed E-state index contributed by atoms with van der Waals surface area (Å²) in [6, 6.07) is 20.9. The number of halogens is 1. The van der Waals surface area contributed by atoms with E-state index in [1.54, 1.807) is 6.07 Å². The van der Waals surface area contributed by atoms with Crippen LogP contribution < -0.4 is 10.1 Å². The van der Waals surface area contributed by atoms with Crippen molar-refractivity contribution < 1.29 is 19.0 Å². The lowest BCUT2D eigenvalue weighted by molar-refractivity contribution is 0.0696. The van der Waals surface area contributed by atoms with Crippen molar-refractivity contribution in [3.63, 3.8) is 0 Å². The number of carboxylic acids is 1. The van der Waals surface area contributed by atoms with Gasteiger partial charge in [0.25, 0.3) is 0 Å². The van der Waals surface area contributed by atoms with Gasteiger partial charge in [-0.1, -0.05) is 44.2 Å². The Morgan fingerprint density at radius 1 is 0.919 bits per heavy atom. The van der Waals surface area contributed by atoms with Crippen molar-refractivity contribution in [2.75, 3.05) is 7.11 Å². The van der Waals surface area contributed by atoms with Gasteiger partial charge < -0.3 is 15.2 Å². The maximum atomic E-state index is 14.1. The topological polar surface area (TPSA) is 58.6 Å². The number of ether oxygens (including phenoxy) is 1. The first-order valence-corrected chi connectivity index (χ1v) is 12.6. The van der Waals surface area contributed by atoms with E-state index in [1.807, 2.05) is 32.0 Å². The van der Waals surface area contributed by atoms with E-state index in [0.29, 0.717) is 11.3 Å². The highest BCUT2D eigenvalue weighted by atomic mass is 19.1. The molecule has 0 saturated carbocycles. The highest BCUT2D eigenvalue weighted by Crippen LogP contribution is 2.36. The van der Waals surface area contributed by atoms with E-state index < -0.39 is 5.97 Å². The van der Waals surface area contributed by atoms with E-state index in [4.69, 9.17) is 4.74 Å². The lowest BCUT2D eigenvalue weighted by atomic mass is 9.87. The van der Waals surface area contributed by atoms with Gasteiger partial charge in [-0.05, 0) is 101 Å². The maximum absolute atomic E-state index is 14.1. The van der Waals surface area contributed by atoms with Crippen LogP contribution in [0.1, 0.15) is 78.3 Å². The second-order valence-electron chi connectivity index (χ2n) is 10.0. The summed E-state index contributed by atoms with van der Waals surface area (Å²) < 4.78 is 19.3. The number of carboxylic acid groups (broad SMARTS) is 1. The molecule has 0 amide bonds. The molecule has 2 N–H and O–H groups in total. The molecule has 0 aliphatic heterocycles. The van der Waals surface area contributed by atoms with Crippen molar-refractivity contribution in [1.82, 2.24) is 5.32 Å². The second-order valence-corrected chi connectivity index (χ2v) is 10.0.